The summed E-state index contributed by atoms with van der Waals surface area (Å²) < 4.78 is 40.5. The first-order valence-electron chi connectivity index (χ1n) is 6.24. The first kappa shape index (κ1) is 13.4. The Morgan fingerprint density at radius 3 is 2.28 bits per heavy atom. The Morgan fingerprint density at radius 2 is 1.78 bits per heavy atom. The van der Waals surface area contributed by atoms with Crippen LogP contribution in [0.15, 0.2) is 18.2 Å². The van der Waals surface area contributed by atoms with Crippen molar-refractivity contribution in [1.82, 2.24) is 0 Å². The van der Waals surface area contributed by atoms with Crippen molar-refractivity contribution >= 4 is 0 Å². The Kier molecular flexibility index (Phi) is 3.41. The molecule has 1 fully saturated rings. The van der Waals surface area contributed by atoms with Crippen molar-refractivity contribution in [2.45, 2.75) is 43.9 Å². The van der Waals surface area contributed by atoms with Crippen LogP contribution < -0.4 is 5.73 Å². The van der Waals surface area contributed by atoms with E-state index in [1.54, 1.807) is 6.07 Å². The zero-order valence-corrected chi connectivity index (χ0v) is 10.5. The quantitative estimate of drug-likeness (QED) is 0.861. The van der Waals surface area contributed by atoms with E-state index in [1.165, 1.54) is 6.07 Å². The van der Waals surface area contributed by atoms with Crippen LogP contribution >= 0.6 is 0 Å². The minimum Gasteiger partial charge on any atom is -0.330 e. The molecule has 4 heteroatoms. The zero-order chi connectivity index (χ0) is 13.4. The van der Waals surface area contributed by atoms with Crippen LogP contribution in [0.3, 0.4) is 0 Å². The fraction of sp³-hybridized carbons (Fsp3) is 0.571. The molecule has 18 heavy (non-hydrogen) atoms. The summed E-state index contributed by atoms with van der Waals surface area (Å²) in [5.41, 5.74) is 6.48. The van der Waals surface area contributed by atoms with Gasteiger partial charge in [0, 0.05) is 24.8 Å². The summed E-state index contributed by atoms with van der Waals surface area (Å²) in [6.45, 7) is 2.02. The van der Waals surface area contributed by atoms with Crippen LogP contribution in [0.5, 0.6) is 0 Å². The average Bonchev–Trinajstić information content (AvgIpc) is 2.31. The van der Waals surface area contributed by atoms with Crippen LogP contribution in [0.1, 0.15) is 36.8 Å². The lowest BCUT2D eigenvalue weighted by Crippen LogP contribution is -2.43. The number of rotatable bonds is 2. The molecule has 1 aromatic carbocycles. The van der Waals surface area contributed by atoms with Crippen molar-refractivity contribution in [1.29, 1.82) is 0 Å². The molecule has 1 aromatic rings. The van der Waals surface area contributed by atoms with Crippen LogP contribution in [-0.4, -0.2) is 12.5 Å². The zero-order valence-electron chi connectivity index (χ0n) is 10.5. The Labute approximate surface area is 105 Å². The van der Waals surface area contributed by atoms with Gasteiger partial charge in [0.1, 0.15) is 5.82 Å². The maximum Gasteiger partial charge on any atom is 0.248 e. The fourth-order valence-corrected chi connectivity index (χ4v) is 2.95. The van der Waals surface area contributed by atoms with Gasteiger partial charge in [-0.2, -0.15) is 0 Å². The van der Waals surface area contributed by atoms with Gasteiger partial charge >= 0.3 is 0 Å². The molecule has 0 radical (unpaired) electrons. The highest BCUT2D eigenvalue weighted by Gasteiger charge is 2.45. The molecule has 1 aliphatic rings. The number of benzene rings is 1. The molecule has 1 nitrogen and oxygen atoms in total. The summed E-state index contributed by atoms with van der Waals surface area (Å²) in [5.74, 6) is -2.96. The Hall–Kier alpha value is -1.03. The summed E-state index contributed by atoms with van der Waals surface area (Å²) in [5, 5.41) is 0. The molecule has 2 rings (SSSR count). The molecule has 1 saturated carbocycles. The van der Waals surface area contributed by atoms with E-state index in [0.29, 0.717) is 5.56 Å². The SMILES string of the molecule is Cc1cccc(F)c1C1(CN)CCC(F)(F)CC1. The number of hydrogen-bond acceptors (Lipinski definition) is 1. The van der Waals surface area contributed by atoms with Crippen LogP contribution in [0.4, 0.5) is 13.2 Å². The third-order valence-corrected chi connectivity index (χ3v) is 4.08. The molecule has 0 saturated heterocycles. The second-order valence-electron chi connectivity index (χ2n) is 5.27. The molecular weight excluding hydrogens is 239 g/mol. The van der Waals surface area contributed by atoms with Gasteiger partial charge in [-0.05, 0) is 37.0 Å². The second kappa shape index (κ2) is 4.57. The predicted octanol–water partition coefficient (Wildman–Crippen LogP) is 3.54. The maximum absolute atomic E-state index is 14.0. The van der Waals surface area contributed by atoms with Crippen molar-refractivity contribution in [2.24, 2.45) is 5.73 Å². The van der Waals surface area contributed by atoms with Gasteiger partial charge in [-0.3, -0.25) is 0 Å². The topological polar surface area (TPSA) is 26.0 Å². The van der Waals surface area contributed by atoms with Gasteiger partial charge in [0.15, 0.2) is 0 Å². The Morgan fingerprint density at radius 1 is 1.17 bits per heavy atom. The number of aryl methyl sites for hydroxylation is 1. The standard InChI is InChI=1S/C14H18F3N/c1-10-3-2-4-11(15)12(10)13(9-18)5-7-14(16,17)8-6-13/h2-4H,5-9,18H2,1H3. The molecule has 0 bridgehead atoms. The number of alkyl halides is 2. The third-order valence-electron chi connectivity index (χ3n) is 4.08. The first-order chi connectivity index (χ1) is 8.40. The van der Waals surface area contributed by atoms with Crippen LogP contribution in [0.25, 0.3) is 0 Å². The Balaban J connectivity index is 2.40. The average molecular weight is 257 g/mol. The van der Waals surface area contributed by atoms with Gasteiger partial charge in [-0.1, -0.05) is 12.1 Å². The van der Waals surface area contributed by atoms with E-state index >= 15 is 0 Å². The molecule has 0 aromatic heterocycles. The lowest BCUT2D eigenvalue weighted by molar-refractivity contribution is -0.0514. The molecule has 0 amide bonds. The number of hydrogen-bond donors (Lipinski definition) is 1. The monoisotopic (exact) mass is 257 g/mol. The predicted molar refractivity (Wildman–Crippen MR) is 65.3 cm³/mol. The highest BCUT2D eigenvalue weighted by atomic mass is 19.3. The molecule has 0 unspecified atom stereocenters. The van der Waals surface area contributed by atoms with Gasteiger partial charge < -0.3 is 5.73 Å². The number of nitrogens with two attached hydrogens (primary N) is 1. The lowest BCUT2D eigenvalue weighted by Gasteiger charge is -2.40. The minimum absolute atomic E-state index is 0.210. The van der Waals surface area contributed by atoms with E-state index in [0.717, 1.165) is 5.56 Å². The van der Waals surface area contributed by atoms with E-state index < -0.39 is 11.3 Å². The molecule has 1 aliphatic carbocycles. The highest BCUT2D eigenvalue weighted by molar-refractivity contribution is 5.36. The van der Waals surface area contributed by atoms with E-state index in [2.05, 4.69) is 0 Å². The van der Waals surface area contributed by atoms with Gasteiger partial charge in [0.05, 0.1) is 0 Å². The van der Waals surface area contributed by atoms with Crippen molar-refractivity contribution in [3.05, 3.63) is 35.1 Å². The summed E-state index contributed by atoms with van der Waals surface area (Å²) in [7, 11) is 0. The van der Waals surface area contributed by atoms with Crippen LogP contribution in [0.2, 0.25) is 0 Å². The highest BCUT2D eigenvalue weighted by Crippen LogP contribution is 2.46. The fourth-order valence-electron chi connectivity index (χ4n) is 2.95. The first-order valence-corrected chi connectivity index (χ1v) is 6.24. The van der Waals surface area contributed by atoms with Gasteiger partial charge in [-0.15, -0.1) is 0 Å². The number of halogens is 3. The molecular formula is C14H18F3N. The normalized spacial score (nSPS) is 21.8. The molecule has 0 aliphatic heterocycles. The lowest BCUT2D eigenvalue weighted by atomic mass is 9.67. The van der Waals surface area contributed by atoms with Gasteiger partial charge in [0.25, 0.3) is 0 Å². The summed E-state index contributed by atoms with van der Waals surface area (Å²) >= 11 is 0. The third kappa shape index (κ3) is 2.26. The van der Waals surface area contributed by atoms with E-state index in [-0.39, 0.29) is 38.0 Å². The molecule has 0 atom stereocenters. The van der Waals surface area contributed by atoms with Crippen molar-refractivity contribution in [3.63, 3.8) is 0 Å². The van der Waals surface area contributed by atoms with Gasteiger partial charge in [0.2, 0.25) is 5.92 Å². The summed E-state index contributed by atoms with van der Waals surface area (Å²) in [6.07, 6.45) is 0.0759. The summed E-state index contributed by atoms with van der Waals surface area (Å²) in [6, 6.07) is 4.82. The second-order valence-corrected chi connectivity index (χ2v) is 5.27. The maximum atomic E-state index is 14.0. The van der Waals surface area contributed by atoms with E-state index in [9.17, 15) is 13.2 Å². The van der Waals surface area contributed by atoms with Crippen LogP contribution in [-0.2, 0) is 5.41 Å². The minimum atomic E-state index is -2.63. The van der Waals surface area contributed by atoms with Crippen molar-refractivity contribution < 1.29 is 13.2 Å². The Bertz CT molecular complexity index is 412. The van der Waals surface area contributed by atoms with Crippen molar-refractivity contribution in [2.75, 3.05) is 6.54 Å². The smallest absolute Gasteiger partial charge is 0.248 e. The molecule has 0 heterocycles. The molecule has 0 spiro atoms. The van der Waals surface area contributed by atoms with Gasteiger partial charge in [-0.25, -0.2) is 13.2 Å². The van der Waals surface area contributed by atoms with Crippen molar-refractivity contribution in [3.8, 4) is 0 Å². The molecule has 2 N–H and O–H groups in total. The van der Waals surface area contributed by atoms with Crippen LogP contribution in [0, 0.1) is 12.7 Å². The van der Waals surface area contributed by atoms with E-state index in [1.807, 2.05) is 13.0 Å². The van der Waals surface area contributed by atoms with E-state index in [4.69, 9.17) is 5.73 Å². The largest absolute Gasteiger partial charge is 0.330 e. The summed E-state index contributed by atoms with van der Waals surface area (Å²) in [4.78, 5) is 0. The molecule has 100 valence electrons.